The summed E-state index contributed by atoms with van der Waals surface area (Å²) in [5.41, 5.74) is 3.59. The Hall–Kier alpha value is -1.06. The first-order valence-corrected chi connectivity index (χ1v) is 6.71. The number of rotatable bonds is 4. The minimum atomic E-state index is -0.523. The summed E-state index contributed by atoms with van der Waals surface area (Å²) in [4.78, 5) is 2.28. The Morgan fingerprint density at radius 3 is 2.89 bits per heavy atom. The van der Waals surface area contributed by atoms with Gasteiger partial charge in [-0.25, -0.2) is 0 Å². The first-order valence-electron chi connectivity index (χ1n) is 6.71. The highest BCUT2D eigenvalue weighted by molar-refractivity contribution is 5.56. The van der Waals surface area contributed by atoms with Crippen LogP contribution in [-0.4, -0.2) is 31.4 Å². The van der Waals surface area contributed by atoms with Crippen molar-refractivity contribution in [1.29, 1.82) is 0 Å². The van der Waals surface area contributed by atoms with Crippen LogP contribution in [0.3, 0.4) is 0 Å². The fraction of sp³-hybridized carbons (Fsp3) is 0.600. The number of aliphatic hydroxyl groups is 1. The maximum Gasteiger partial charge on any atom is 0.102 e. The molecule has 0 amide bonds. The van der Waals surface area contributed by atoms with Gasteiger partial charge in [-0.3, -0.25) is 0 Å². The van der Waals surface area contributed by atoms with Gasteiger partial charge in [0.25, 0.3) is 0 Å². The zero-order valence-corrected chi connectivity index (χ0v) is 11.5. The van der Waals surface area contributed by atoms with Crippen LogP contribution in [-0.2, 0) is 11.2 Å². The van der Waals surface area contributed by atoms with E-state index in [4.69, 9.17) is 4.74 Å². The highest BCUT2D eigenvalue weighted by Gasteiger charge is 2.16. The number of hydrogen-bond acceptors (Lipinski definition) is 3. The predicted octanol–water partition coefficient (Wildman–Crippen LogP) is 2.53. The maximum absolute atomic E-state index is 10.1. The van der Waals surface area contributed by atoms with Gasteiger partial charge in [0.05, 0.1) is 12.7 Å². The van der Waals surface area contributed by atoms with Crippen LogP contribution in [0, 0.1) is 0 Å². The molecule has 1 atom stereocenters. The van der Waals surface area contributed by atoms with Crippen molar-refractivity contribution >= 4 is 5.69 Å². The van der Waals surface area contributed by atoms with E-state index in [0.717, 1.165) is 18.5 Å². The lowest BCUT2D eigenvalue weighted by atomic mass is 9.98. The molecule has 0 aliphatic carbocycles. The predicted molar refractivity (Wildman–Crippen MR) is 74.1 cm³/mol. The zero-order chi connectivity index (χ0) is 13.1. The molecule has 2 rings (SSSR count). The summed E-state index contributed by atoms with van der Waals surface area (Å²) < 4.78 is 5.46. The molecule has 1 heterocycles. The molecule has 3 nitrogen and oxygen atoms in total. The number of fused-ring (bicyclic) bond motifs is 1. The molecule has 0 saturated heterocycles. The average Bonchev–Trinajstić information content (AvgIpc) is 2.35. The van der Waals surface area contributed by atoms with E-state index in [9.17, 15) is 5.11 Å². The molecule has 1 N–H and O–H groups in total. The molecule has 3 heteroatoms. The van der Waals surface area contributed by atoms with Crippen LogP contribution in [0.4, 0.5) is 5.69 Å². The molecular formula is C15H23NO2. The van der Waals surface area contributed by atoms with Crippen molar-refractivity contribution in [3.63, 3.8) is 0 Å². The normalized spacial score (nSPS) is 16.8. The van der Waals surface area contributed by atoms with Crippen molar-refractivity contribution in [2.45, 2.75) is 38.9 Å². The number of aryl methyl sites for hydroxylation is 1. The fourth-order valence-electron chi connectivity index (χ4n) is 2.39. The molecule has 0 radical (unpaired) electrons. The molecule has 1 aromatic carbocycles. The lowest BCUT2D eigenvalue weighted by Crippen LogP contribution is -2.24. The van der Waals surface area contributed by atoms with E-state index < -0.39 is 6.10 Å². The largest absolute Gasteiger partial charge is 0.386 e. The third-order valence-corrected chi connectivity index (χ3v) is 3.43. The van der Waals surface area contributed by atoms with Crippen molar-refractivity contribution in [3.8, 4) is 0 Å². The summed E-state index contributed by atoms with van der Waals surface area (Å²) >= 11 is 0. The van der Waals surface area contributed by atoms with Gasteiger partial charge < -0.3 is 14.7 Å². The van der Waals surface area contributed by atoms with E-state index in [-0.39, 0.29) is 6.10 Å². The Bertz CT molecular complexity index is 403. The van der Waals surface area contributed by atoms with Crippen LogP contribution in [0.2, 0.25) is 0 Å². The highest BCUT2D eigenvalue weighted by Crippen LogP contribution is 2.28. The number of hydrogen-bond donors (Lipinski definition) is 1. The molecule has 0 fully saturated rings. The van der Waals surface area contributed by atoms with Gasteiger partial charge in [-0.1, -0.05) is 12.1 Å². The Kier molecular flexibility index (Phi) is 4.25. The van der Waals surface area contributed by atoms with E-state index in [1.165, 1.54) is 17.7 Å². The molecule has 1 aromatic rings. The summed E-state index contributed by atoms with van der Waals surface area (Å²) in [7, 11) is 2.12. The first kappa shape index (κ1) is 13.4. The van der Waals surface area contributed by atoms with Crippen LogP contribution in [0.25, 0.3) is 0 Å². The molecule has 0 saturated carbocycles. The van der Waals surface area contributed by atoms with E-state index in [1.54, 1.807) is 0 Å². The molecule has 1 aliphatic heterocycles. The minimum absolute atomic E-state index is 0.156. The topological polar surface area (TPSA) is 32.7 Å². The van der Waals surface area contributed by atoms with Gasteiger partial charge in [0.1, 0.15) is 6.10 Å². The third-order valence-electron chi connectivity index (χ3n) is 3.43. The highest BCUT2D eigenvalue weighted by atomic mass is 16.5. The molecule has 0 aromatic heterocycles. The van der Waals surface area contributed by atoms with Crippen molar-refractivity contribution in [2.24, 2.45) is 0 Å². The Morgan fingerprint density at radius 1 is 1.39 bits per heavy atom. The number of aliphatic hydroxyl groups excluding tert-OH is 1. The second-order valence-corrected chi connectivity index (χ2v) is 5.31. The number of nitrogens with zero attached hydrogens (tertiary/aromatic N) is 1. The van der Waals surface area contributed by atoms with E-state index >= 15 is 0 Å². The van der Waals surface area contributed by atoms with Gasteiger partial charge >= 0.3 is 0 Å². The van der Waals surface area contributed by atoms with E-state index in [0.29, 0.717) is 6.61 Å². The summed E-state index contributed by atoms with van der Waals surface area (Å²) in [6.45, 7) is 5.45. The van der Waals surface area contributed by atoms with Gasteiger partial charge in [-0.2, -0.15) is 0 Å². The zero-order valence-electron chi connectivity index (χ0n) is 11.5. The van der Waals surface area contributed by atoms with Crippen LogP contribution >= 0.6 is 0 Å². The van der Waals surface area contributed by atoms with E-state index in [1.807, 2.05) is 19.9 Å². The van der Waals surface area contributed by atoms with Crippen molar-refractivity contribution < 1.29 is 9.84 Å². The molecule has 0 bridgehead atoms. The summed E-state index contributed by atoms with van der Waals surface area (Å²) in [6, 6.07) is 6.25. The van der Waals surface area contributed by atoms with Gasteiger partial charge in [-0.05, 0) is 43.9 Å². The van der Waals surface area contributed by atoms with Crippen LogP contribution in [0.15, 0.2) is 18.2 Å². The molecule has 18 heavy (non-hydrogen) atoms. The standard InChI is InChI=1S/C15H23NO2/c1-11(2)18-10-15(17)13-6-7-14-12(9-13)5-4-8-16(14)3/h6-7,9,11,15,17H,4-5,8,10H2,1-3H3. The summed E-state index contributed by atoms with van der Waals surface area (Å²) in [5.74, 6) is 0. The minimum Gasteiger partial charge on any atom is -0.386 e. The Balaban J connectivity index is 2.10. The quantitative estimate of drug-likeness (QED) is 0.890. The van der Waals surface area contributed by atoms with Crippen LogP contribution in [0.5, 0.6) is 0 Å². The molecular weight excluding hydrogens is 226 g/mol. The van der Waals surface area contributed by atoms with Gasteiger partial charge in [-0.15, -0.1) is 0 Å². The number of anilines is 1. The molecule has 1 unspecified atom stereocenters. The molecule has 1 aliphatic rings. The second kappa shape index (κ2) is 5.72. The van der Waals surface area contributed by atoms with Gasteiger partial charge in [0, 0.05) is 19.3 Å². The van der Waals surface area contributed by atoms with Crippen molar-refractivity contribution in [2.75, 3.05) is 25.1 Å². The monoisotopic (exact) mass is 249 g/mol. The first-order chi connectivity index (χ1) is 8.58. The smallest absolute Gasteiger partial charge is 0.102 e. The van der Waals surface area contributed by atoms with Crippen molar-refractivity contribution in [3.05, 3.63) is 29.3 Å². The molecule has 100 valence electrons. The van der Waals surface area contributed by atoms with Crippen molar-refractivity contribution in [1.82, 2.24) is 0 Å². The maximum atomic E-state index is 10.1. The Morgan fingerprint density at radius 2 is 2.17 bits per heavy atom. The van der Waals surface area contributed by atoms with E-state index in [2.05, 4.69) is 24.1 Å². The lowest BCUT2D eigenvalue weighted by Gasteiger charge is -2.28. The fourth-order valence-corrected chi connectivity index (χ4v) is 2.39. The van der Waals surface area contributed by atoms with Crippen LogP contribution < -0.4 is 4.90 Å². The average molecular weight is 249 g/mol. The number of ether oxygens (including phenoxy) is 1. The lowest BCUT2D eigenvalue weighted by molar-refractivity contribution is 0.00491. The third kappa shape index (κ3) is 3.03. The Labute approximate surface area is 109 Å². The SMILES string of the molecule is CC(C)OCC(O)c1ccc2c(c1)CCCN2C. The summed E-state index contributed by atoms with van der Waals surface area (Å²) in [5, 5.41) is 10.1. The van der Waals surface area contributed by atoms with Gasteiger partial charge in [0.2, 0.25) is 0 Å². The molecule has 0 spiro atoms. The number of benzene rings is 1. The van der Waals surface area contributed by atoms with Crippen LogP contribution in [0.1, 0.15) is 37.5 Å². The summed E-state index contributed by atoms with van der Waals surface area (Å²) in [6.07, 6.45) is 1.92. The second-order valence-electron chi connectivity index (χ2n) is 5.31. The van der Waals surface area contributed by atoms with Gasteiger partial charge in [0.15, 0.2) is 0 Å².